The van der Waals surface area contributed by atoms with Crippen molar-refractivity contribution in [2.75, 3.05) is 33.2 Å². The van der Waals surface area contributed by atoms with E-state index in [-0.39, 0.29) is 29.8 Å². The maximum absolute atomic E-state index is 13.3. The van der Waals surface area contributed by atoms with Gasteiger partial charge >= 0.3 is 0 Å². The Hall–Kier alpha value is -0.890. The van der Waals surface area contributed by atoms with Crippen LogP contribution < -0.4 is 10.6 Å². The van der Waals surface area contributed by atoms with Gasteiger partial charge in [0.2, 0.25) is 0 Å². The van der Waals surface area contributed by atoms with Crippen LogP contribution in [0.5, 0.6) is 0 Å². The lowest BCUT2D eigenvalue weighted by atomic mass is 9.99. The highest BCUT2D eigenvalue weighted by Gasteiger charge is 2.14. The lowest BCUT2D eigenvalue weighted by molar-refractivity contribution is 0.195. The normalized spacial score (nSPS) is 16.6. The van der Waals surface area contributed by atoms with Gasteiger partial charge in [-0.05, 0) is 56.0 Å². The summed E-state index contributed by atoms with van der Waals surface area (Å²) in [6, 6.07) is 5.18. The van der Waals surface area contributed by atoms with Gasteiger partial charge in [0, 0.05) is 26.7 Å². The van der Waals surface area contributed by atoms with Gasteiger partial charge in [0.25, 0.3) is 0 Å². The molecule has 1 aromatic rings. The van der Waals surface area contributed by atoms with Crippen molar-refractivity contribution in [1.29, 1.82) is 0 Å². The fraction of sp³-hybridized carbons (Fsp3) is 0.611. The highest BCUT2D eigenvalue weighted by molar-refractivity contribution is 14.0. The minimum atomic E-state index is -0.160. The van der Waals surface area contributed by atoms with Crippen LogP contribution in [0.3, 0.4) is 0 Å². The van der Waals surface area contributed by atoms with Crippen molar-refractivity contribution in [3.05, 3.63) is 35.1 Å². The summed E-state index contributed by atoms with van der Waals surface area (Å²) in [5.41, 5.74) is 1.73. The zero-order valence-electron chi connectivity index (χ0n) is 14.9. The average molecular weight is 448 g/mol. The van der Waals surface area contributed by atoms with Crippen LogP contribution in [0.25, 0.3) is 0 Å². The van der Waals surface area contributed by atoms with E-state index >= 15 is 0 Å². The fourth-order valence-electron chi connectivity index (χ4n) is 2.84. The molecule has 0 saturated carbocycles. The number of rotatable bonds is 5. The number of benzene rings is 1. The molecule has 0 bridgehead atoms. The van der Waals surface area contributed by atoms with Crippen LogP contribution in [-0.2, 0) is 6.54 Å². The number of nitrogens with zero attached hydrogens (tertiary/aromatic N) is 2. The molecule has 0 amide bonds. The van der Waals surface area contributed by atoms with Crippen molar-refractivity contribution >= 4 is 29.9 Å². The summed E-state index contributed by atoms with van der Waals surface area (Å²) >= 11 is 0. The molecular formula is C18H30FIN4. The topological polar surface area (TPSA) is 39.7 Å². The van der Waals surface area contributed by atoms with E-state index in [9.17, 15) is 4.39 Å². The molecule has 4 nitrogen and oxygen atoms in total. The molecule has 2 N–H and O–H groups in total. The van der Waals surface area contributed by atoms with Gasteiger partial charge in [-0.25, -0.2) is 4.39 Å². The molecule has 0 aliphatic carbocycles. The summed E-state index contributed by atoms with van der Waals surface area (Å²) in [5, 5.41) is 6.62. The minimum Gasteiger partial charge on any atom is -0.355 e. The van der Waals surface area contributed by atoms with E-state index < -0.39 is 0 Å². The van der Waals surface area contributed by atoms with Crippen LogP contribution in [-0.4, -0.2) is 44.1 Å². The van der Waals surface area contributed by atoms with E-state index in [0.29, 0.717) is 12.1 Å². The largest absolute Gasteiger partial charge is 0.355 e. The van der Waals surface area contributed by atoms with Crippen molar-refractivity contribution in [3.8, 4) is 0 Å². The number of nitrogens with one attached hydrogen (secondary N) is 2. The second-order valence-corrected chi connectivity index (χ2v) is 6.46. The highest BCUT2D eigenvalue weighted by Crippen LogP contribution is 2.15. The standard InChI is InChI=1S/C18H29FN4.HI/c1-14-6-9-23(10-7-14)11-8-21-18(20-3)22-13-16-4-5-17(19)15(2)12-16;/h4-5,12,14H,6-11,13H2,1-3H3,(H2,20,21,22);1H. The van der Waals surface area contributed by atoms with Crippen molar-refractivity contribution in [2.45, 2.75) is 33.2 Å². The Morgan fingerprint density at radius 2 is 2.00 bits per heavy atom. The molecule has 0 atom stereocenters. The molecule has 1 fully saturated rings. The van der Waals surface area contributed by atoms with Crippen molar-refractivity contribution < 1.29 is 4.39 Å². The average Bonchev–Trinajstić information content (AvgIpc) is 2.55. The van der Waals surface area contributed by atoms with Gasteiger partial charge in [-0.3, -0.25) is 4.99 Å². The molecule has 0 radical (unpaired) electrons. The van der Waals surface area contributed by atoms with Gasteiger partial charge in [-0.15, -0.1) is 24.0 Å². The van der Waals surface area contributed by atoms with E-state index in [4.69, 9.17) is 0 Å². The predicted octanol–water partition coefficient (Wildman–Crippen LogP) is 3.15. The molecule has 1 aromatic carbocycles. The third kappa shape index (κ3) is 6.93. The first-order valence-electron chi connectivity index (χ1n) is 8.50. The Labute approximate surface area is 162 Å². The van der Waals surface area contributed by atoms with Gasteiger partial charge in [0.1, 0.15) is 5.82 Å². The highest BCUT2D eigenvalue weighted by atomic mass is 127. The molecule has 0 aromatic heterocycles. The molecule has 1 aliphatic rings. The Bertz CT molecular complexity index is 528. The third-order valence-electron chi connectivity index (χ3n) is 4.50. The number of likely N-dealkylation sites (tertiary alicyclic amines) is 1. The van der Waals surface area contributed by atoms with Crippen LogP contribution in [0.4, 0.5) is 4.39 Å². The first kappa shape index (κ1) is 21.2. The van der Waals surface area contributed by atoms with Gasteiger partial charge in [0.15, 0.2) is 5.96 Å². The van der Waals surface area contributed by atoms with Crippen molar-refractivity contribution in [1.82, 2.24) is 15.5 Å². The molecule has 2 rings (SSSR count). The smallest absolute Gasteiger partial charge is 0.191 e. The summed E-state index contributed by atoms with van der Waals surface area (Å²) < 4.78 is 13.3. The number of aliphatic imine (C=N–C) groups is 1. The zero-order chi connectivity index (χ0) is 16.7. The summed E-state index contributed by atoms with van der Waals surface area (Å²) in [6.07, 6.45) is 2.60. The van der Waals surface area contributed by atoms with Gasteiger partial charge in [0.05, 0.1) is 0 Å². The third-order valence-corrected chi connectivity index (χ3v) is 4.50. The quantitative estimate of drug-likeness (QED) is 0.413. The monoisotopic (exact) mass is 448 g/mol. The number of guanidine groups is 1. The van der Waals surface area contributed by atoms with E-state index in [1.807, 2.05) is 6.07 Å². The fourth-order valence-corrected chi connectivity index (χ4v) is 2.84. The van der Waals surface area contributed by atoms with E-state index in [0.717, 1.165) is 30.5 Å². The Kier molecular flexibility index (Phi) is 9.58. The zero-order valence-corrected chi connectivity index (χ0v) is 17.3. The SMILES string of the molecule is CN=C(NCCN1CCC(C)CC1)NCc1ccc(F)c(C)c1.I. The number of halogens is 2. The molecule has 1 aliphatic heterocycles. The Balaban J connectivity index is 0.00000288. The maximum Gasteiger partial charge on any atom is 0.191 e. The van der Waals surface area contributed by atoms with Crippen LogP contribution in [0.2, 0.25) is 0 Å². The second-order valence-electron chi connectivity index (χ2n) is 6.46. The summed E-state index contributed by atoms with van der Waals surface area (Å²) in [4.78, 5) is 6.74. The number of aryl methyl sites for hydroxylation is 1. The molecule has 0 unspecified atom stereocenters. The van der Waals surface area contributed by atoms with E-state index in [1.165, 1.54) is 32.0 Å². The van der Waals surface area contributed by atoms with E-state index in [1.54, 1.807) is 20.0 Å². The predicted molar refractivity (Wildman–Crippen MR) is 110 cm³/mol. The molecule has 6 heteroatoms. The van der Waals surface area contributed by atoms with Crippen LogP contribution in [0.1, 0.15) is 30.9 Å². The first-order valence-corrected chi connectivity index (χ1v) is 8.50. The number of hydrogen-bond donors (Lipinski definition) is 2. The van der Waals surface area contributed by atoms with Crippen molar-refractivity contribution in [3.63, 3.8) is 0 Å². The van der Waals surface area contributed by atoms with Crippen molar-refractivity contribution in [2.24, 2.45) is 10.9 Å². The summed E-state index contributed by atoms with van der Waals surface area (Å²) in [7, 11) is 1.77. The van der Waals surface area contributed by atoms with Crippen LogP contribution in [0.15, 0.2) is 23.2 Å². The summed E-state index contributed by atoms with van der Waals surface area (Å²) in [5.74, 6) is 1.50. The molecule has 0 spiro atoms. The first-order chi connectivity index (χ1) is 11.1. The summed E-state index contributed by atoms with van der Waals surface area (Å²) in [6.45, 7) is 9.08. The lowest BCUT2D eigenvalue weighted by Crippen LogP contribution is -2.43. The molecule has 1 saturated heterocycles. The molecule has 1 heterocycles. The molecule has 24 heavy (non-hydrogen) atoms. The maximum atomic E-state index is 13.3. The molecule has 136 valence electrons. The minimum absolute atomic E-state index is 0. The van der Waals surface area contributed by atoms with E-state index in [2.05, 4.69) is 27.4 Å². The number of piperidine rings is 1. The lowest BCUT2D eigenvalue weighted by Gasteiger charge is -2.30. The second kappa shape index (κ2) is 10.9. The Morgan fingerprint density at radius 3 is 2.62 bits per heavy atom. The van der Waals surface area contributed by atoms with Gasteiger partial charge < -0.3 is 15.5 Å². The van der Waals surface area contributed by atoms with Gasteiger partial charge in [-0.1, -0.05) is 19.1 Å². The Morgan fingerprint density at radius 1 is 1.29 bits per heavy atom. The number of hydrogen-bond acceptors (Lipinski definition) is 2. The van der Waals surface area contributed by atoms with Gasteiger partial charge in [-0.2, -0.15) is 0 Å². The molecular weight excluding hydrogens is 418 g/mol. The van der Waals surface area contributed by atoms with Crippen LogP contribution >= 0.6 is 24.0 Å². The van der Waals surface area contributed by atoms with Crippen LogP contribution in [0, 0.1) is 18.7 Å².